The minimum Gasteiger partial charge on any atom is -0.384 e. The largest absolute Gasteiger partial charge is 0.384 e. The van der Waals surface area contributed by atoms with E-state index >= 15 is 0 Å². The van der Waals surface area contributed by atoms with Gasteiger partial charge in [-0.2, -0.15) is 0 Å². The Bertz CT molecular complexity index is 659. The highest BCUT2D eigenvalue weighted by molar-refractivity contribution is 5.60. The lowest BCUT2D eigenvalue weighted by Crippen LogP contribution is -2.01. The predicted octanol–water partition coefficient (Wildman–Crippen LogP) is 3.20. The van der Waals surface area contributed by atoms with Crippen molar-refractivity contribution in [1.82, 2.24) is 9.78 Å². The van der Waals surface area contributed by atoms with Crippen LogP contribution in [-0.2, 0) is 0 Å². The fraction of sp³-hybridized carbons (Fsp3) is 0. The number of para-hydroxylation sites is 2. The van der Waals surface area contributed by atoms with Crippen molar-refractivity contribution < 1.29 is 0 Å². The molecule has 4 nitrogen and oxygen atoms in total. The van der Waals surface area contributed by atoms with E-state index in [4.69, 9.17) is 5.73 Å². The molecule has 1 heterocycles. The molecule has 0 saturated carbocycles. The number of nitrogens with zero attached hydrogens (tertiary/aromatic N) is 2. The number of rotatable bonds is 3. The zero-order chi connectivity index (χ0) is 13.1. The lowest BCUT2D eigenvalue weighted by atomic mass is 10.3. The van der Waals surface area contributed by atoms with Crippen molar-refractivity contribution >= 4 is 17.3 Å². The summed E-state index contributed by atoms with van der Waals surface area (Å²) in [6, 6.07) is 21.5. The number of hydrogen-bond donors (Lipinski definition) is 2. The van der Waals surface area contributed by atoms with Gasteiger partial charge in [-0.3, -0.25) is 0 Å². The number of nitrogens with two attached hydrogens (primary N) is 1. The van der Waals surface area contributed by atoms with E-state index in [-0.39, 0.29) is 0 Å². The second-order valence-corrected chi connectivity index (χ2v) is 4.19. The van der Waals surface area contributed by atoms with E-state index in [2.05, 4.69) is 10.4 Å². The van der Waals surface area contributed by atoms with Gasteiger partial charge < -0.3 is 11.1 Å². The third-order valence-corrected chi connectivity index (χ3v) is 2.78. The molecule has 19 heavy (non-hydrogen) atoms. The molecule has 3 aromatic rings. The molecule has 0 amide bonds. The molecule has 0 bridgehead atoms. The van der Waals surface area contributed by atoms with Gasteiger partial charge in [0.25, 0.3) is 0 Å². The Labute approximate surface area is 111 Å². The SMILES string of the molecule is Nc1cc(Nc2ccccc2)nn1-c1ccccc1. The van der Waals surface area contributed by atoms with Crippen LogP contribution in [0.2, 0.25) is 0 Å². The van der Waals surface area contributed by atoms with Crippen LogP contribution in [0.4, 0.5) is 17.3 Å². The molecule has 0 aliphatic carbocycles. The molecule has 3 N–H and O–H groups in total. The van der Waals surface area contributed by atoms with Crippen LogP contribution < -0.4 is 11.1 Å². The van der Waals surface area contributed by atoms with Crippen LogP contribution in [0.15, 0.2) is 66.7 Å². The van der Waals surface area contributed by atoms with Crippen LogP contribution in [0.25, 0.3) is 5.69 Å². The average molecular weight is 250 g/mol. The summed E-state index contributed by atoms with van der Waals surface area (Å²) in [7, 11) is 0. The van der Waals surface area contributed by atoms with Crippen molar-refractivity contribution in [3.63, 3.8) is 0 Å². The minimum atomic E-state index is 0.602. The molecule has 0 unspecified atom stereocenters. The Kier molecular flexibility index (Phi) is 2.90. The van der Waals surface area contributed by atoms with Crippen molar-refractivity contribution in [3.8, 4) is 5.69 Å². The summed E-state index contributed by atoms with van der Waals surface area (Å²) < 4.78 is 1.71. The normalized spacial score (nSPS) is 10.3. The molecule has 0 radical (unpaired) electrons. The first-order valence-corrected chi connectivity index (χ1v) is 6.06. The quantitative estimate of drug-likeness (QED) is 0.750. The van der Waals surface area contributed by atoms with E-state index in [1.807, 2.05) is 66.7 Å². The Morgan fingerprint density at radius 1 is 0.895 bits per heavy atom. The Hall–Kier alpha value is -2.75. The molecule has 0 aliphatic rings. The number of anilines is 3. The van der Waals surface area contributed by atoms with Gasteiger partial charge >= 0.3 is 0 Å². The second kappa shape index (κ2) is 4.86. The van der Waals surface area contributed by atoms with Crippen molar-refractivity contribution in [2.45, 2.75) is 0 Å². The van der Waals surface area contributed by atoms with Crippen LogP contribution in [0.3, 0.4) is 0 Å². The molecule has 3 rings (SSSR count). The molecule has 0 atom stereocenters. The van der Waals surface area contributed by atoms with Gasteiger partial charge in [-0.1, -0.05) is 36.4 Å². The third-order valence-electron chi connectivity index (χ3n) is 2.78. The fourth-order valence-electron chi connectivity index (χ4n) is 1.90. The first-order valence-electron chi connectivity index (χ1n) is 6.06. The Morgan fingerprint density at radius 3 is 2.21 bits per heavy atom. The Morgan fingerprint density at radius 2 is 1.53 bits per heavy atom. The van der Waals surface area contributed by atoms with E-state index in [0.29, 0.717) is 5.82 Å². The maximum absolute atomic E-state index is 5.99. The van der Waals surface area contributed by atoms with E-state index in [9.17, 15) is 0 Å². The second-order valence-electron chi connectivity index (χ2n) is 4.19. The number of benzene rings is 2. The summed E-state index contributed by atoms with van der Waals surface area (Å²) >= 11 is 0. The van der Waals surface area contributed by atoms with Crippen LogP contribution in [0.5, 0.6) is 0 Å². The molecule has 1 aromatic heterocycles. The third kappa shape index (κ3) is 2.42. The molecule has 4 heteroatoms. The topological polar surface area (TPSA) is 55.9 Å². The summed E-state index contributed by atoms with van der Waals surface area (Å²) in [4.78, 5) is 0. The average Bonchev–Trinajstić information content (AvgIpc) is 2.82. The molecule has 0 spiro atoms. The summed E-state index contributed by atoms with van der Waals surface area (Å²) in [5.41, 5.74) is 7.92. The lowest BCUT2D eigenvalue weighted by Gasteiger charge is -2.03. The van der Waals surface area contributed by atoms with E-state index in [0.717, 1.165) is 17.2 Å². The van der Waals surface area contributed by atoms with Crippen molar-refractivity contribution in [1.29, 1.82) is 0 Å². The number of aromatic nitrogens is 2. The monoisotopic (exact) mass is 250 g/mol. The van der Waals surface area contributed by atoms with Crippen LogP contribution in [-0.4, -0.2) is 9.78 Å². The van der Waals surface area contributed by atoms with Gasteiger partial charge in [0.15, 0.2) is 5.82 Å². The zero-order valence-corrected chi connectivity index (χ0v) is 10.3. The van der Waals surface area contributed by atoms with Crippen LogP contribution >= 0.6 is 0 Å². The fourth-order valence-corrected chi connectivity index (χ4v) is 1.90. The van der Waals surface area contributed by atoms with E-state index < -0.39 is 0 Å². The highest BCUT2D eigenvalue weighted by Gasteiger charge is 2.06. The molecule has 0 fully saturated rings. The van der Waals surface area contributed by atoms with Gasteiger partial charge in [0.05, 0.1) is 5.69 Å². The van der Waals surface area contributed by atoms with Gasteiger partial charge in [-0.05, 0) is 24.3 Å². The van der Waals surface area contributed by atoms with Gasteiger partial charge in [0.1, 0.15) is 5.82 Å². The van der Waals surface area contributed by atoms with E-state index in [1.165, 1.54) is 0 Å². The van der Waals surface area contributed by atoms with Crippen LogP contribution in [0.1, 0.15) is 0 Å². The predicted molar refractivity (Wildman–Crippen MR) is 77.7 cm³/mol. The summed E-state index contributed by atoms with van der Waals surface area (Å²) in [5, 5.41) is 7.68. The first kappa shape index (κ1) is 11.3. The number of nitrogen functional groups attached to an aromatic ring is 1. The standard InChI is InChI=1S/C15H14N4/c16-14-11-15(17-12-7-3-1-4-8-12)18-19(14)13-9-5-2-6-10-13/h1-11H,16H2,(H,17,18). The maximum Gasteiger partial charge on any atom is 0.155 e. The van der Waals surface area contributed by atoms with Crippen molar-refractivity contribution in [2.75, 3.05) is 11.1 Å². The van der Waals surface area contributed by atoms with Crippen molar-refractivity contribution in [2.24, 2.45) is 0 Å². The lowest BCUT2D eigenvalue weighted by molar-refractivity contribution is 0.895. The smallest absolute Gasteiger partial charge is 0.155 e. The minimum absolute atomic E-state index is 0.602. The van der Waals surface area contributed by atoms with Gasteiger partial charge in [-0.15, -0.1) is 5.10 Å². The molecule has 94 valence electrons. The summed E-state index contributed by atoms with van der Waals surface area (Å²) in [5.74, 6) is 1.33. The van der Waals surface area contributed by atoms with Gasteiger partial charge in [0, 0.05) is 11.8 Å². The highest BCUT2D eigenvalue weighted by Crippen LogP contribution is 2.20. The molecule has 2 aromatic carbocycles. The maximum atomic E-state index is 5.99. The summed E-state index contributed by atoms with van der Waals surface area (Å²) in [6.07, 6.45) is 0. The zero-order valence-electron chi connectivity index (χ0n) is 10.3. The highest BCUT2D eigenvalue weighted by atomic mass is 15.3. The number of hydrogen-bond acceptors (Lipinski definition) is 3. The van der Waals surface area contributed by atoms with Gasteiger partial charge in [0.2, 0.25) is 0 Å². The Balaban J connectivity index is 1.90. The molecule has 0 saturated heterocycles. The first-order chi connectivity index (χ1) is 9.33. The molecular formula is C15H14N4. The number of nitrogens with one attached hydrogen (secondary N) is 1. The summed E-state index contributed by atoms with van der Waals surface area (Å²) in [6.45, 7) is 0. The van der Waals surface area contributed by atoms with Gasteiger partial charge in [-0.25, -0.2) is 4.68 Å². The molecular weight excluding hydrogens is 236 g/mol. The molecule has 0 aliphatic heterocycles. The van der Waals surface area contributed by atoms with E-state index in [1.54, 1.807) is 4.68 Å². The van der Waals surface area contributed by atoms with Crippen molar-refractivity contribution in [3.05, 3.63) is 66.7 Å². The van der Waals surface area contributed by atoms with Crippen LogP contribution in [0, 0.1) is 0 Å².